The van der Waals surface area contributed by atoms with Crippen molar-refractivity contribution in [2.75, 3.05) is 6.61 Å². The zero-order chi connectivity index (χ0) is 44.2. The SMILES string of the molecule is CCCCCCCCCCCCCC/C=C\CCCCCCCCCCCCC(=O)NC(CO)C(O)/C=C/CC/C=C/CC/C=C/CCCCCCCCCCCCCCC. The summed E-state index contributed by atoms with van der Waals surface area (Å²) in [6, 6.07) is -0.647. The van der Waals surface area contributed by atoms with Gasteiger partial charge in [0.25, 0.3) is 0 Å². The molecule has 2 unspecified atom stereocenters. The Hall–Kier alpha value is -1.65. The predicted octanol–water partition coefficient (Wildman–Crippen LogP) is 17.9. The molecule has 0 radical (unpaired) electrons. The molecule has 61 heavy (non-hydrogen) atoms. The first-order chi connectivity index (χ1) is 30.2. The second-order valence-corrected chi connectivity index (χ2v) is 18.6. The van der Waals surface area contributed by atoms with E-state index in [1.54, 1.807) is 6.08 Å². The van der Waals surface area contributed by atoms with E-state index in [9.17, 15) is 15.0 Å². The number of unbranched alkanes of at least 4 members (excludes halogenated alkanes) is 37. The Labute approximate surface area is 382 Å². The van der Waals surface area contributed by atoms with E-state index in [-0.39, 0.29) is 12.5 Å². The van der Waals surface area contributed by atoms with Crippen LogP contribution in [0.15, 0.2) is 48.6 Å². The lowest BCUT2D eigenvalue weighted by Crippen LogP contribution is -2.45. The first-order valence-electron chi connectivity index (χ1n) is 27.4. The van der Waals surface area contributed by atoms with Gasteiger partial charge in [-0.2, -0.15) is 0 Å². The van der Waals surface area contributed by atoms with E-state index >= 15 is 0 Å². The first-order valence-corrected chi connectivity index (χ1v) is 27.4. The van der Waals surface area contributed by atoms with Gasteiger partial charge in [-0.25, -0.2) is 0 Å². The smallest absolute Gasteiger partial charge is 0.220 e. The fraction of sp³-hybridized carbons (Fsp3) is 0.842. The van der Waals surface area contributed by atoms with Crippen molar-refractivity contribution < 1.29 is 15.0 Å². The van der Waals surface area contributed by atoms with Crippen molar-refractivity contribution in [2.24, 2.45) is 0 Å². The highest BCUT2D eigenvalue weighted by atomic mass is 16.3. The zero-order valence-corrected chi connectivity index (χ0v) is 41.2. The lowest BCUT2D eigenvalue weighted by molar-refractivity contribution is -0.123. The highest BCUT2D eigenvalue weighted by Crippen LogP contribution is 2.16. The molecule has 0 aromatic heterocycles. The second kappa shape index (κ2) is 52.7. The van der Waals surface area contributed by atoms with Crippen molar-refractivity contribution in [3.63, 3.8) is 0 Å². The molecule has 0 aliphatic carbocycles. The Morgan fingerprint density at radius 1 is 0.377 bits per heavy atom. The molecule has 0 aliphatic rings. The summed E-state index contributed by atoms with van der Waals surface area (Å²) < 4.78 is 0. The van der Waals surface area contributed by atoms with Crippen LogP contribution in [-0.2, 0) is 4.79 Å². The molecule has 4 heteroatoms. The van der Waals surface area contributed by atoms with Crippen LogP contribution < -0.4 is 5.32 Å². The van der Waals surface area contributed by atoms with Gasteiger partial charge in [0.05, 0.1) is 18.8 Å². The van der Waals surface area contributed by atoms with Crippen LogP contribution in [0.25, 0.3) is 0 Å². The van der Waals surface area contributed by atoms with Gasteiger partial charge < -0.3 is 15.5 Å². The third-order valence-corrected chi connectivity index (χ3v) is 12.5. The second-order valence-electron chi connectivity index (χ2n) is 18.6. The van der Waals surface area contributed by atoms with Crippen LogP contribution in [0.3, 0.4) is 0 Å². The highest BCUT2D eigenvalue weighted by Gasteiger charge is 2.18. The number of aliphatic hydroxyl groups excluding tert-OH is 2. The van der Waals surface area contributed by atoms with Gasteiger partial charge in [-0.1, -0.05) is 262 Å². The van der Waals surface area contributed by atoms with Crippen LogP contribution in [0.5, 0.6) is 0 Å². The van der Waals surface area contributed by atoms with Crippen molar-refractivity contribution in [3.05, 3.63) is 48.6 Å². The summed E-state index contributed by atoms with van der Waals surface area (Å²) in [5.74, 6) is -0.0768. The molecule has 0 saturated carbocycles. The zero-order valence-electron chi connectivity index (χ0n) is 41.2. The van der Waals surface area contributed by atoms with Gasteiger partial charge in [0, 0.05) is 6.42 Å². The van der Waals surface area contributed by atoms with Crippen LogP contribution in [0.2, 0.25) is 0 Å². The summed E-state index contributed by atoms with van der Waals surface area (Å²) in [7, 11) is 0. The largest absolute Gasteiger partial charge is 0.394 e. The minimum absolute atomic E-state index is 0.0768. The van der Waals surface area contributed by atoms with Gasteiger partial charge in [-0.15, -0.1) is 0 Å². The van der Waals surface area contributed by atoms with Crippen LogP contribution in [0, 0.1) is 0 Å². The van der Waals surface area contributed by atoms with Crippen LogP contribution in [-0.4, -0.2) is 34.9 Å². The molecule has 0 saturated heterocycles. The summed E-state index contributed by atoms with van der Waals surface area (Å²) >= 11 is 0. The van der Waals surface area contributed by atoms with E-state index in [2.05, 4.69) is 55.6 Å². The third-order valence-electron chi connectivity index (χ3n) is 12.5. The van der Waals surface area contributed by atoms with E-state index in [4.69, 9.17) is 0 Å². The van der Waals surface area contributed by atoms with E-state index in [1.807, 2.05) is 6.08 Å². The number of hydrogen-bond donors (Lipinski definition) is 3. The topological polar surface area (TPSA) is 69.6 Å². The summed E-state index contributed by atoms with van der Waals surface area (Å²) in [4.78, 5) is 12.5. The third kappa shape index (κ3) is 49.2. The number of amides is 1. The van der Waals surface area contributed by atoms with Gasteiger partial charge >= 0.3 is 0 Å². The summed E-state index contributed by atoms with van der Waals surface area (Å²) in [5, 5.41) is 23.1. The molecule has 0 aliphatic heterocycles. The molecule has 0 aromatic rings. The molecule has 3 N–H and O–H groups in total. The molecule has 0 heterocycles. The number of allylic oxidation sites excluding steroid dienone is 7. The molecule has 4 nitrogen and oxygen atoms in total. The predicted molar refractivity (Wildman–Crippen MR) is 271 cm³/mol. The monoisotopic (exact) mass is 854 g/mol. The molecule has 1 amide bonds. The molecular formula is C57H107NO3. The number of nitrogens with one attached hydrogen (secondary N) is 1. The van der Waals surface area contributed by atoms with Gasteiger partial charge in [0.1, 0.15) is 0 Å². The lowest BCUT2D eigenvalue weighted by Gasteiger charge is -2.19. The molecule has 0 fully saturated rings. The number of carbonyl (C=O) groups excluding carboxylic acids is 1. The van der Waals surface area contributed by atoms with Crippen molar-refractivity contribution in [1.29, 1.82) is 0 Å². The van der Waals surface area contributed by atoms with Crippen molar-refractivity contribution in [1.82, 2.24) is 5.32 Å². The standard InChI is InChI=1S/C57H107NO3/c1-3-5-7-9-11-13-15-17-19-21-23-25-27-28-29-31-33-35-37-39-41-43-45-47-49-51-53-57(61)58-55(54-59)56(60)52-50-48-46-44-42-40-38-36-34-32-30-26-24-22-20-18-16-14-12-10-8-6-4-2/h28-29,34,36,42,44,50,52,55-56,59-60H,3-27,30-33,35,37-41,43,45-49,51,53-54H2,1-2H3,(H,58,61)/b29-28-,36-34+,44-42+,52-50+. The van der Waals surface area contributed by atoms with Gasteiger partial charge in [-0.05, 0) is 70.6 Å². The maximum atomic E-state index is 12.5. The summed E-state index contributed by atoms with van der Waals surface area (Å²) in [5.41, 5.74) is 0. The summed E-state index contributed by atoms with van der Waals surface area (Å²) in [6.45, 7) is 4.32. The van der Waals surface area contributed by atoms with Crippen LogP contribution in [0.1, 0.15) is 290 Å². The minimum Gasteiger partial charge on any atom is -0.394 e. The Bertz CT molecular complexity index is 970. The Balaban J connectivity index is 3.56. The average molecular weight is 854 g/mol. The molecule has 0 rings (SSSR count). The normalized spacial score (nSPS) is 13.2. The van der Waals surface area contributed by atoms with Gasteiger partial charge in [-0.3, -0.25) is 4.79 Å². The Morgan fingerprint density at radius 2 is 0.639 bits per heavy atom. The van der Waals surface area contributed by atoms with E-state index in [0.717, 1.165) is 38.5 Å². The van der Waals surface area contributed by atoms with Crippen LogP contribution >= 0.6 is 0 Å². The lowest BCUT2D eigenvalue weighted by atomic mass is 10.0. The maximum absolute atomic E-state index is 12.5. The number of rotatable bonds is 50. The fourth-order valence-electron chi connectivity index (χ4n) is 8.32. The van der Waals surface area contributed by atoms with Gasteiger partial charge in [0.2, 0.25) is 5.91 Å². The molecular weight excluding hydrogens is 747 g/mol. The molecule has 2 atom stereocenters. The average Bonchev–Trinajstić information content (AvgIpc) is 3.26. The van der Waals surface area contributed by atoms with Crippen molar-refractivity contribution in [3.8, 4) is 0 Å². The minimum atomic E-state index is -0.872. The molecule has 358 valence electrons. The molecule has 0 bridgehead atoms. The highest BCUT2D eigenvalue weighted by molar-refractivity contribution is 5.76. The van der Waals surface area contributed by atoms with Crippen LogP contribution in [0.4, 0.5) is 0 Å². The van der Waals surface area contributed by atoms with Crippen molar-refractivity contribution >= 4 is 5.91 Å². The van der Waals surface area contributed by atoms with Crippen molar-refractivity contribution in [2.45, 2.75) is 302 Å². The van der Waals surface area contributed by atoms with E-state index < -0.39 is 12.1 Å². The Morgan fingerprint density at radius 3 is 0.951 bits per heavy atom. The Kier molecular flexibility index (Phi) is 51.3. The molecule has 0 aromatic carbocycles. The number of aliphatic hydroxyl groups is 2. The number of hydrogen-bond acceptors (Lipinski definition) is 3. The quantitative estimate of drug-likeness (QED) is 0.0422. The first kappa shape index (κ1) is 59.4. The number of carbonyl (C=O) groups is 1. The van der Waals surface area contributed by atoms with Gasteiger partial charge in [0.15, 0.2) is 0 Å². The molecule has 0 spiro atoms. The fourth-order valence-corrected chi connectivity index (χ4v) is 8.32. The van der Waals surface area contributed by atoms with E-state index in [0.29, 0.717) is 6.42 Å². The maximum Gasteiger partial charge on any atom is 0.220 e. The van der Waals surface area contributed by atoms with E-state index in [1.165, 1.54) is 231 Å². The summed E-state index contributed by atoms with van der Waals surface area (Å²) in [6.07, 6.45) is 72.7.